The smallest absolute Gasteiger partial charge is 0.229 e. The summed E-state index contributed by atoms with van der Waals surface area (Å²) in [5.41, 5.74) is 0.859. The molecule has 0 radical (unpaired) electrons. The first kappa shape index (κ1) is 11.4. The standard InChI is InChI=1S/C10H5ClIN3OS/c1-3-5-6-4(11)2-13-8(16)7(6)17-9(5)15-10(12)14-3/h2H,1H3,(H,13,16). The van der Waals surface area contributed by atoms with Gasteiger partial charge in [0.15, 0.2) is 3.83 Å². The first-order chi connectivity index (χ1) is 8.08. The number of hydrogen-bond acceptors (Lipinski definition) is 5. The Hall–Kier alpha value is -0.730. The van der Waals surface area contributed by atoms with Crippen LogP contribution in [0.4, 0.5) is 0 Å². The van der Waals surface area contributed by atoms with Crippen LogP contribution in [-0.4, -0.2) is 20.1 Å². The molecule has 0 aromatic carbocycles. The van der Waals surface area contributed by atoms with Gasteiger partial charge in [0.25, 0.3) is 0 Å². The van der Waals surface area contributed by atoms with E-state index in [2.05, 4.69) is 37.5 Å². The van der Waals surface area contributed by atoms with Crippen LogP contribution >= 0.6 is 45.5 Å². The molecule has 7 heteroatoms. The summed E-state index contributed by atoms with van der Waals surface area (Å²) in [7, 11) is 0. The lowest BCUT2D eigenvalue weighted by atomic mass is 10.2. The molecule has 3 aromatic heterocycles. The molecule has 3 heterocycles. The molecule has 3 aromatic rings. The lowest BCUT2D eigenvalue weighted by molar-refractivity contribution is 0.461. The zero-order valence-electron chi connectivity index (χ0n) is 8.53. The zero-order chi connectivity index (χ0) is 12.2. The average Bonchev–Trinajstić information content (AvgIpc) is 2.64. The van der Waals surface area contributed by atoms with E-state index in [-0.39, 0.29) is 5.88 Å². The summed E-state index contributed by atoms with van der Waals surface area (Å²) >= 11 is 9.58. The summed E-state index contributed by atoms with van der Waals surface area (Å²) in [5, 5.41) is 11.9. The van der Waals surface area contributed by atoms with E-state index in [0.717, 1.165) is 21.3 Å². The number of aromatic hydroxyl groups is 1. The van der Waals surface area contributed by atoms with Crippen LogP contribution in [0.5, 0.6) is 5.88 Å². The summed E-state index contributed by atoms with van der Waals surface area (Å²) in [4.78, 5) is 13.3. The van der Waals surface area contributed by atoms with Crippen molar-refractivity contribution in [2.45, 2.75) is 6.92 Å². The van der Waals surface area contributed by atoms with Crippen molar-refractivity contribution in [3.8, 4) is 5.88 Å². The maximum atomic E-state index is 9.75. The molecule has 0 fully saturated rings. The van der Waals surface area contributed by atoms with Crippen LogP contribution in [0.3, 0.4) is 0 Å². The van der Waals surface area contributed by atoms with E-state index in [1.165, 1.54) is 17.5 Å². The third-order valence-electron chi connectivity index (χ3n) is 2.45. The van der Waals surface area contributed by atoms with Crippen molar-refractivity contribution in [3.63, 3.8) is 0 Å². The molecular formula is C10H5ClIN3OS. The molecule has 1 N–H and O–H groups in total. The van der Waals surface area contributed by atoms with Gasteiger partial charge in [-0.25, -0.2) is 15.0 Å². The van der Waals surface area contributed by atoms with E-state index in [1.54, 1.807) is 0 Å². The van der Waals surface area contributed by atoms with Gasteiger partial charge in [-0.05, 0) is 6.92 Å². The number of thiophene rings is 1. The van der Waals surface area contributed by atoms with Gasteiger partial charge < -0.3 is 5.11 Å². The van der Waals surface area contributed by atoms with Crippen molar-refractivity contribution in [2.75, 3.05) is 0 Å². The van der Waals surface area contributed by atoms with Crippen molar-refractivity contribution in [2.24, 2.45) is 0 Å². The zero-order valence-corrected chi connectivity index (χ0v) is 12.3. The monoisotopic (exact) mass is 377 g/mol. The van der Waals surface area contributed by atoms with Crippen LogP contribution in [0.1, 0.15) is 5.69 Å². The normalized spacial score (nSPS) is 11.5. The molecule has 0 aliphatic carbocycles. The highest BCUT2D eigenvalue weighted by Gasteiger charge is 2.16. The Bertz CT molecular complexity index is 758. The largest absolute Gasteiger partial charge is 0.492 e. The molecule has 3 rings (SSSR count). The molecule has 0 saturated heterocycles. The number of hydrogen-bond donors (Lipinski definition) is 1. The minimum atomic E-state index is -0.0122. The van der Waals surface area contributed by atoms with E-state index in [1.807, 2.05) is 6.92 Å². The summed E-state index contributed by atoms with van der Waals surface area (Å²) in [6, 6.07) is 0. The number of nitrogens with zero attached hydrogens (tertiary/aromatic N) is 3. The van der Waals surface area contributed by atoms with Gasteiger partial charge in [0.1, 0.15) is 9.53 Å². The Balaban J connectivity index is 2.65. The second-order valence-corrected chi connectivity index (χ2v) is 5.87. The molecule has 0 spiro atoms. The highest BCUT2D eigenvalue weighted by molar-refractivity contribution is 14.1. The molecule has 0 unspecified atom stereocenters. The van der Waals surface area contributed by atoms with Gasteiger partial charge in [0.2, 0.25) is 5.88 Å². The Kier molecular flexibility index (Phi) is 2.60. The Morgan fingerprint density at radius 3 is 2.88 bits per heavy atom. The first-order valence-electron chi connectivity index (χ1n) is 4.67. The highest BCUT2D eigenvalue weighted by atomic mass is 127. The van der Waals surface area contributed by atoms with Crippen molar-refractivity contribution in [1.29, 1.82) is 0 Å². The van der Waals surface area contributed by atoms with Gasteiger partial charge >= 0.3 is 0 Å². The van der Waals surface area contributed by atoms with Gasteiger partial charge in [0, 0.05) is 33.4 Å². The lowest BCUT2D eigenvalue weighted by Gasteiger charge is -1.99. The van der Waals surface area contributed by atoms with Crippen LogP contribution in [-0.2, 0) is 0 Å². The number of pyridine rings is 1. The number of rotatable bonds is 0. The number of aryl methyl sites for hydroxylation is 1. The number of aromatic nitrogens is 3. The van der Waals surface area contributed by atoms with E-state index in [4.69, 9.17) is 11.6 Å². The molecular weight excluding hydrogens is 373 g/mol. The molecule has 17 heavy (non-hydrogen) atoms. The fourth-order valence-corrected chi connectivity index (χ4v) is 3.96. The van der Waals surface area contributed by atoms with E-state index in [0.29, 0.717) is 13.6 Å². The van der Waals surface area contributed by atoms with Crippen LogP contribution in [0.2, 0.25) is 5.02 Å². The van der Waals surface area contributed by atoms with Crippen LogP contribution in [0, 0.1) is 10.8 Å². The third kappa shape index (κ3) is 1.66. The molecule has 0 aliphatic heterocycles. The summed E-state index contributed by atoms with van der Waals surface area (Å²) in [5.74, 6) is -0.0122. The Morgan fingerprint density at radius 2 is 2.12 bits per heavy atom. The topological polar surface area (TPSA) is 58.9 Å². The average molecular weight is 378 g/mol. The summed E-state index contributed by atoms with van der Waals surface area (Å²) < 4.78 is 1.34. The molecule has 0 amide bonds. The molecule has 86 valence electrons. The molecule has 0 bridgehead atoms. The third-order valence-corrected chi connectivity index (χ3v) is 4.30. The number of halogens is 2. The lowest BCUT2D eigenvalue weighted by Crippen LogP contribution is -1.90. The molecule has 4 nitrogen and oxygen atoms in total. The minimum absolute atomic E-state index is 0.0122. The molecule has 0 atom stereocenters. The van der Waals surface area contributed by atoms with E-state index >= 15 is 0 Å². The maximum absolute atomic E-state index is 9.75. The van der Waals surface area contributed by atoms with Crippen LogP contribution in [0.25, 0.3) is 20.3 Å². The fourth-order valence-electron chi connectivity index (χ4n) is 1.76. The quantitative estimate of drug-likeness (QED) is 0.481. The SMILES string of the molecule is Cc1nc(I)nc2sc3c(O)ncc(Cl)c3c12. The minimum Gasteiger partial charge on any atom is -0.492 e. The van der Waals surface area contributed by atoms with Crippen LogP contribution in [0.15, 0.2) is 6.20 Å². The van der Waals surface area contributed by atoms with E-state index in [9.17, 15) is 5.11 Å². The maximum Gasteiger partial charge on any atom is 0.229 e. The van der Waals surface area contributed by atoms with Crippen molar-refractivity contribution in [1.82, 2.24) is 15.0 Å². The van der Waals surface area contributed by atoms with Gasteiger partial charge in [-0.1, -0.05) is 11.6 Å². The fraction of sp³-hybridized carbons (Fsp3) is 0.100. The first-order valence-corrected chi connectivity index (χ1v) is 6.95. The van der Waals surface area contributed by atoms with Gasteiger partial charge in [-0.3, -0.25) is 0 Å². The van der Waals surface area contributed by atoms with Gasteiger partial charge in [-0.2, -0.15) is 0 Å². The van der Waals surface area contributed by atoms with Crippen LogP contribution < -0.4 is 0 Å². The van der Waals surface area contributed by atoms with Crippen molar-refractivity contribution < 1.29 is 5.11 Å². The Morgan fingerprint density at radius 1 is 1.35 bits per heavy atom. The predicted octanol–water partition coefficient (Wildman–Crippen LogP) is 3.51. The predicted molar refractivity (Wildman–Crippen MR) is 76.8 cm³/mol. The second-order valence-electron chi connectivity index (χ2n) is 3.49. The molecule has 0 saturated carbocycles. The highest BCUT2D eigenvalue weighted by Crippen LogP contribution is 2.41. The second kappa shape index (κ2) is 3.89. The van der Waals surface area contributed by atoms with Crippen molar-refractivity contribution >= 4 is 65.8 Å². The summed E-state index contributed by atoms with van der Waals surface area (Å²) in [6.45, 7) is 1.91. The van der Waals surface area contributed by atoms with Crippen molar-refractivity contribution in [3.05, 3.63) is 20.7 Å². The number of fused-ring (bicyclic) bond motifs is 3. The van der Waals surface area contributed by atoms with E-state index < -0.39 is 0 Å². The summed E-state index contributed by atoms with van der Waals surface area (Å²) in [6.07, 6.45) is 1.45. The van der Waals surface area contributed by atoms with Gasteiger partial charge in [0.05, 0.1) is 16.9 Å². The van der Waals surface area contributed by atoms with Gasteiger partial charge in [-0.15, -0.1) is 11.3 Å². The molecule has 0 aliphatic rings. The Labute approximate surface area is 119 Å².